The molecule has 0 saturated heterocycles. The van der Waals surface area contributed by atoms with E-state index in [-0.39, 0.29) is 17.1 Å². The van der Waals surface area contributed by atoms with Crippen molar-refractivity contribution < 1.29 is 27.2 Å². The zero-order valence-electron chi connectivity index (χ0n) is 18.4. The lowest BCUT2D eigenvalue weighted by molar-refractivity contribution is -0.128. The molecule has 2 unspecified atom stereocenters. The summed E-state index contributed by atoms with van der Waals surface area (Å²) in [5.74, 6) is 2.19. The van der Waals surface area contributed by atoms with Gasteiger partial charge in [-0.3, -0.25) is 9.35 Å². The molecule has 0 radical (unpaired) electrons. The molecule has 30 heavy (non-hydrogen) atoms. The van der Waals surface area contributed by atoms with E-state index in [1.165, 1.54) is 11.1 Å². The fraction of sp³-hybridized carbons (Fsp3) is 0.682. The van der Waals surface area contributed by atoms with E-state index in [0.717, 1.165) is 30.9 Å². The molecular formula is C22H33NO6S. The topological polar surface area (TPSA) is 102 Å². The number of carbonyl (C=O) groups excluding carboxylic acids is 1. The van der Waals surface area contributed by atoms with Gasteiger partial charge in [-0.1, -0.05) is 13.8 Å². The minimum atomic E-state index is -4.08. The van der Waals surface area contributed by atoms with E-state index >= 15 is 0 Å². The molecule has 0 aromatic heterocycles. The van der Waals surface area contributed by atoms with Crippen LogP contribution in [0, 0.1) is 16.7 Å². The fourth-order valence-electron chi connectivity index (χ4n) is 5.59. The minimum Gasteiger partial charge on any atom is -0.493 e. The number of ether oxygens (including phenoxy) is 2. The van der Waals surface area contributed by atoms with E-state index in [9.17, 15) is 13.2 Å². The summed E-state index contributed by atoms with van der Waals surface area (Å²) in [6.07, 6.45) is 3.11. The summed E-state index contributed by atoms with van der Waals surface area (Å²) in [7, 11) is 1.26. The third-order valence-corrected chi connectivity index (χ3v) is 8.43. The van der Waals surface area contributed by atoms with Gasteiger partial charge in [0.15, 0.2) is 11.5 Å². The highest BCUT2D eigenvalue weighted by atomic mass is 32.2. The molecular weight excluding hydrogens is 406 g/mol. The number of rotatable bonds is 6. The maximum absolute atomic E-state index is 11.9. The van der Waals surface area contributed by atoms with Crippen molar-refractivity contribution in [3.05, 3.63) is 23.3 Å². The summed E-state index contributed by atoms with van der Waals surface area (Å²) in [5, 5.41) is 3.20. The van der Waals surface area contributed by atoms with Gasteiger partial charge in [0.05, 0.1) is 25.4 Å². The number of benzene rings is 1. The Morgan fingerprint density at radius 2 is 1.80 bits per heavy atom. The van der Waals surface area contributed by atoms with Gasteiger partial charge in [-0.05, 0) is 60.9 Å². The van der Waals surface area contributed by atoms with Crippen molar-refractivity contribution in [2.45, 2.75) is 45.4 Å². The SMILES string of the molecule is CC1(C)C2CC[C@@]1(CS(=O)(=O)O)C(=O)C2.CNCC1Cc2cc(OC)c(OC)cc21. The maximum atomic E-state index is 11.9. The molecule has 0 aliphatic heterocycles. The van der Waals surface area contributed by atoms with Crippen LogP contribution < -0.4 is 14.8 Å². The van der Waals surface area contributed by atoms with Gasteiger partial charge in [-0.2, -0.15) is 8.42 Å². The highest BCUT2D eigenvalue weighted by molar-refractivity contribution is 7.85. The molecule has 2 saturated carbocycles. The second-order valence-electron chi connectivity index (χ2n) is 9.26. The average molecular weight is 440 g/mol. The first-order valence-electron chi connectivity index (χ1n) is 10.4. The van der Waals surface area contributed by atoms with Crippen LogP contribution in [0.25, 0.3) is 0 Å². The molecule has 2 fully saturated rings. The van der Waals surface area contributed by atoms with Crippen LogP contribution >= 0.6 is 0 Å². The smallest absolute Gasteiger partial charge is 0.265 e. The monoisotopic (exact) mass is 439 g/mol. The van der Waals surface area contributed by atoms with Gasteiger partial charge in [0.25, 0.3) is 10.1 Å². The number of hydrogen-bond donors (Lipinski definition) is 2. The predicted octanol–water partition coefficient (Wildman–Crippen LogP) is 2.83. The van der Waals surface area contributed by atoms with Gasteiger partial charge in [0, 0.05) is 18.9 Å². The quantitative estimate of drug-likeness (QED) is 0.657. The van der Waals surface area contributed by atoms with Crippen molar-refractivity contribution in [3.63, 3.8) is 0 Å². The average Bonchev–Trinajstić information content (AvgIpc) is 2.99. The summed E-state index contributed by atoms with van der Waals surface area (Å²) < 4.78 is 41.5. The third kappa shape index (κ3) is 3.85. The Morgan fingerprint density at radius 1 is 1.17 bits per heavy atom. The molecule has 4 rings (SSSR count). The lowest BCUT2D eigenvalue weighted by atomic mass is 9.70. The Balaban J connectivity index is 0.000000171. The van der Waals surface area contributed by atoms with Crippen LogP contribution in [0.5, 0.6) is 11.5 Å². The van der Waals surface area contributed by atoms with E-state index < -0.39 is 21.3 Å². The van der Waals surface area contributed by atoms with Crippen LogP contribution in [0.2, 0.25) is 0 Å². The normalized spacial score (nSPS) is 28.3. The Hall–Kier alpha value is -1.64. The van der Waals surface area contributed by atoms with Crippen molar-refractivity contribution >= 4 is 15.9 Å². The van der Waals surface area contributed by atoms with E-state index in [0.29, 0.717) is 18.8 Å². The maximum Gasteiger partial charge on any atom is 0.265 e. The molecule has 1 aromatic rings. The van der Waals surface area contributed by atoms with Crippen molar-refractivity contribution in [2.75, 3.05) is 33.6 Å². The van der Waals surface area contributed by atoms with Crippen LogP contribution in [0.15, 0.2) is 12.1 Å². The highest BCUT2D eigenvalue weighted by Crippen LogP contribution is 2.64. The zero-order chi connectivity index (χ0) is 22.3. The molecule has 168 valence electrons. The number of Topliss-reactive ketones (excluding diaryl/α,β-unsaturated/α-hetero) is 1. The molecule has 2 bridgehead atoms. The van der Waals surface area contributed by atoms with E-state index in [4.69, 9.17) is 14.0 Å². The summed E-state index contributed by atoms with van der Waals surface area (Å²) in [4.78, 5) is 11.9. The summed E-state index contributed by atoms with van der Waals surface area (Å²) >= 11 is 0. The standard InChI is InChI=1S/C12H17NO2.C10H16O4S/c1-13-7-9-4-8-5-11(14-2)12(15-3)6-10(8)9;1-9(2)7-3-4-10(9,8(11)5-7)6-15(12,13)14/h5-6,9,13H,4,7H2,1-3H3;7H,3-6H2,1-2H3,(H,12,13,14)/t;7?,10-/m.1/s1. The van der Waals surface area contributed by atoms with Gasteiger partial charge in [-0.25, -0.2) is 0 Å². The molecule has 7 nitrogen and oxygen atoms in total. The Bertz CT molecular complexity index is 926. The van der Waals surface area contributed by atoms with Crippen molar-refractivity contribution in [1.29, 1.82) is 0 Å². The van der Waals surface area contributed by atoms with Crippen LogP contribution in [-0.2, 0) is 21.3 Å². The van der Waals surface area contributed by atoms with Gasteiger partial charge >= 0.3 is 0 Å². The van der Waals surface area contributed by atoms with Crippen molar-refractivity contribution in [2.24, 2.45) is 16.7 Å². The van der Waals surface area contributed by atoms with Crippen LogP contribution in [-0.4, -0.2) is 52.3 Å². The molecule has 3 aliphatic rings. The van der Waals surface area contributed by atoms with Crippen LogP contribution in [0.4, 0.5) is 0 Å². The Kier molecular flexibility index (Phi) is 6.24. The van der Waals surface area contributed by atoms with Gasteiger partial charge in [0.2, 0.25) is 0 Å². The number of fused-ring (bicyclic) bond motifs is 3. The largest absolute Gasteiger partial charge is 0.493 e. The lowest BCUT2D eigenvalue weighted by Crippen LogP contribution is -2.42. The van der Waals surface area contributed by atoms with Crippen LogP contribution in [0.3, 0.4) is 0 Å². The number of hydrogen-bond acceptors (Lipinski definition) is 6. The van der Waals surface area contributed by atoms with E-state index in [1.807, 2.05) is 20.9 Å². The third-order valence-electron chi connectivity index (χ3n) is 7.57. The zero-order valence-corrected chi connectivity index (χ0v) is 19.3. The number of methoxy groups -OCH3 is 2. The summed E-state index contributed by atoms with van der Waals surface area (Å²) in [5.41, 5.74) is 1.65. The van der Waals surface area contributed by atoms with E-state index in [2.05, 4.69) is 17.4 Å². The molecule has 1 aromatic carbocycles. The fourth-order valence-corrected chi connectivity index (χ4v) is 6.89. The number of carbonyl (C=O) groups is 1. The second-order valence-corrected chi connectivity index (χ2v) is 10.7. The molecule has 2 N–H and O–H groups in total. The lowest BCUT2D eigenvalue weighted by Gasteiger charge is -2.35. The van der Waals surface area contributed by atoms with E-state index in [1.54, 1.807) is 14.2 Å². The number of ketones is 1. The molecule has 0 amide bonds. The first-order valence-corrected chi connectivity index (χ1v) is 12.0. The highest BCUT2D eigenvalue weighted by Gasteiger charge is 2.65. The Morgan fingerprint density at radius 3 is 2.27 bits per heavy atom. The van der Waals surface area contributed by atoms with Gasteiger partial charge < -0.3 is 14.8 Å². The molecule has 8 heteroatoms. The summed E-state index contributed by atoms with van der Waals surface area (Å²) in [6.45, 7) is 4.92. The second kappa shape index (κ2) is 8.13. The number of nitrogens with one attached hydrogen (secondary N) is 1. The predicted molar refractivity (Wildman–Crippen MR) is 115 cm³/mol. The molecule has 3 aliphatic carbocycles. The molecule has 3 atom stereocenters. The van der Waals surface area contributed by atoms with Crippen molar-refractivity contribution in [3.8, 4) is 11.5 Å². The van der Waals surface area contributed by atoms with Gasteiger partial charge in [0.1, 0.15) is 5.78 Å². The first-order chi connectivity index (χ1) is 14.0. The molecule has 0 spiro atoms. The number of likely N-dealkylation sites (N-methyl/N-ethyl adjacent to an activating group) is 1. The first kappa shape index (κ1) is 23.0. The van der Waals surface area contributed by atoms with Gasteiger partial charge in [-0.15, -0.1) is 0 Å². The molecule has 0 heterocycles. The van der Waals surface area contributed by atoms with Crippen molar-refractivity contribution in [1.82, 2.24) is 5.32 Å². The Labute approximate surface area is 179 Å². The minimum absolute atomic E-state index is 0.0152. The summed E-state index contributed by atoms with van der Waals surface area (Å²) in [6, 6.07) is 4.18. The van der Waals surface area contributed by atoms with Crippen LogP contribution in [0.1, 0.15) is 50.2 Å².